The highest BCUT2D eigenvalue weighted by Gasteiger charge is 2.41. The van der Waals surface area contributed by atoms with E-state index in [1.807, 2.05) is 30.3 Å². The molecule has 1 fully saturated rings. The maximum Gasteiger partial charge on any atom is 0.179 e. The number of hydrogen-bond acceptors (Lipinski definition) is 0. The fourth-order valence-corrected chi connectivity index (χ4v) is 15.1. The van der Waals surface area contributed by atoms with Crippen LogP contribution in [0.25, 0.3) is 66.1 Å². The van der Waals surface area contributed by atoms with Gasteiger partial charge >= 0.3 is 0 Å². The largest absolute Gasteiger partial charge is 0.309 e. The van der Waals surface area contributed by atoms with E-state index in [-0.39, 0.29) is 57.0 Å². The van der Waals surface area contributed by atoms with Crippen LogP contribution in [0.5, 0.6) is 0 Å². The first-order valence-corrected chi connectivity index (χ1v) is 23.8. The van der Waals surface area contributed by atoms with E-state index >= 15 is 0 Å². The van der Waals surface area contributed by atoms with Gasteiger partial charge in [0.15, 0.2) is 8.07 Å². The molecule has 63 heavy (non-hydrogen) atoms. The Morgan fingerprint density at radius 3 is 1.67 bits per heavy atom. The van der Waals surface area contributed by atoms with Crippen molar-refractivity contribution in [1.82, 2.24) is 9.13 Å². The van der Waals surface area contributed by atoms with Crippen molar-refractivity contribution >= 4 is 72.4 Å². The zero-order valence-electron chi connectivity index (χ0n) is 45.5. The summed E-state index contributed by atoms with van der Waals surface area (Å²) < 4.78 is 106. The first-order valence-electron chi connectivity index (χ1n) is 27.3. The molecular formula is C60H48N2Si. The van der Waals surface area contributed by atoms with E-state index in [4.69, 9.17) is 6.85 Å². The van der Waals surface area contributed by atoms with Crippen LogP contribution >= 0.6 is 0 Å². The Morgan fingerprint density at radius 1 is 0.397 bits per heavy atom. The van der Waals surface area contributed by atoms with Gasteiger partial charge in [-0.05, 0) is 111 Å². The summed E-state index contributed by atoms with van der Waals surface area (Å²) in [5.41, 5.74) is 3.00. The van der Waals surface area contributed by atoms with Crippen LogP contribution in [0.2, 0.25) is 0 Å². The molecule has 0 amide bonds. The summed E-state index contributed by atoms with van der Waals surface area (Å²) in [6.45, 7) is 0. The zero-order valence-corrected chi connectivity index (χ0v) is 35.5. The number of fused-ring (bicyclic) bond motifs is 6. The van der Waals surface area contributed by atoms with Gasteiger partial charge in [0.2, 0.25) is 0 Å². The Balaban J connectivity index is 1.18. The molecule has 0 bridgehead atoms. The van der Waals surface area contributed by atoms with Gasteiger partial charge in [-0.1, -0.05) is 189 Å². The lowest BCUT2D eigenvalue weighted by Gasteiger charge is -2.34. The van der Waals surface area contributed by atoms with Crippen LogP contribution in [0, 0.1) is 0 Å². The number of aromatic nitrogens is 2. The second-order valence-corrected chi connectivity index (χ2v) is 20.4. The molecule has 0 unspecified atom stereocenters. The van der Waals surface area contributed by atoms with Crippen LogP contribution in [0.3, 0.4) is 0 Å². The third kappa shape index (κ3) is 6.21. The summed E-state index contributed by atoms with van der Waals surface area (Å²) in [6.07, 6.45) is 4.31. The fraction of sp³-hybridized carbons (Fsp3) is 0.100. The highest BCUT2D eigenvalue weighted by Crippen LogP contribution is 2.41. The summed E-state index contributed by atoms with van der Waals surface area (Å²) in [5.74, 6) is -0.174. The fourth-order valence-electron chi connectivity index (χ4n) is 10.3. The predicted octanol–water partition coefficient (Wildman–Crippen LogP) is 13.0. The van der Waals surface area contributed by atoms with Crippen molar-refractivity contribution in [2.75, 3.05) is 0 Å². The van der Waals surface area contributed by atoms with Gasteiger partial charge in [0, 0.05) is 32.9 Å². The Labute approximate surface area is 385 Å². The smallest absolute Gasteiger partial charge is 0.179 e. The normalized spacial score (nSPS) is 16.1. The molecular weight excluding hydrogens is 777 g/mol. The van der Waals surface area contributed by atoms with Gasteiger partial charge in [-0.3, -0.25) is 0 Å². The number of nitrogens with zero attached hydrogens (tertiary/aromatic N) is 2. The van der Waals surface area contributed by atoms with Crippen molar-refractivity contribution in [3.63, 3.8) is 0 Å². The first-order chi connectivity index (χ1) is 35.9. The lowest BCUT2D eigenvalue weighted by atomic mass is 9.83. The van der Waals surface area contributed by atoms with E-state index in [0.29, 0.717) is 11.3 Å². The summed E-state index contributed by atoms with van der Waals surface area (Å²) in [6, 6.07) is 50.3. The highest BCUT2D eigenvalue weighted by molar-refractivity contribution is 7.19. The van der Waals surface area contributed by atoms with Crippen molar-refractivity contribution < 1.29 is 15.1 Å². The molecule has 3 heteroatoms. The van der Waals surface area contributed by atoms with E-state index in [1.54, 1.807) is 4.57 Å². The third-order valence-corrected chi connectivity index (χ3v) is 17.9. The molecule has 0 N–H and O–H groups in total. The molecule has 0 atom stereocenters. The maximum absolute atomic E-state index is 9.99. The monoisotopic (exact) mass is 835 g/mol. The number of benzene rings is 9. The van der Waals surface area contributed by atoms with Crippen LogP contribution in [0.1, 0.15) is 58.7 Å². The van der Waals surface area contributed by atoms with Crippen LogP contribution in [0.4, 0.5) is 0 Å². The highest BCUT2D eigenvalue weighted by atomic mass is 28.3. The van der Waals surface area contributed by atoms with Gasteiger partial charge < -0.3 is 9.13 Å². The Morgan fingerprint density at radius 2 is 0.968 bits per heavy atom. The summed E-state index contributed by atoms with van der Waals surface area (Å²) >= 11 is 0. The minimum absolute atomic E-state index is 0.0378. The van der Waals surface area contributed by atoms with Gasteiger partial charge in [0.1, 0.15) is 0 Å². The summed E-state index contributed by atoms with van der Waals surface area (Å²) in [7, 11) is -2.98. The van der Waals surface area contributed by atoms with Gasteiger partial charge in [0.05, 0.1) is 37.1 Å². The average molecular weight is 836 g/mol. The number of hydrogen-bond donors (Lipinski definition) is 0. The summed E-state index contributed by atoms with van der Waals surface area (Å²) in [4.78, 5) is 0. The molecule has 2 aromatic heterocycles. The lowest BCUT2D eigenvalue weighted by Crippen LogP contribution is -2.74. The van der Waals surface area contributed by atoms with Crippen molar-refractivity contribution in [2.24, 2.45) is 0 Å². The molecule has 9 aromatic carbocycles. The number of para-hydroxylation sites is 1. The second kappa shape index (κ2) is 15.6. The van der Waals surface area contributed by atoms with Crippen molar-refractivity contribution in [1.29, 1.82) is 0 Å². The molecule has 0 radical (unpaired) electrons. The van der Waals surface area contributed by atoms with E-state index < -0.39 is 56.4 Å². The van der Waals surface area contributed by atoms with Crippen LogP contribution in [-0.2, 0) is 0 Å². The lowest BCUT2D eigenvalue weighted by molar-refractivity contribution is 0.444. The Kier molecular flexibility index (Phi) is 6.86. The topological polar surface area (TPSA) is 9.86 Å². The van der Waals surface area contributed by atoms with Gasteiger partial charge in [-0.2, -0.15) is 0 Å². The van der Waals surface area contributed by atoms with E-state index in [9.17, 15) is 8.22 Å². The van der Waals surface area contributed by atoms with Gasteiger partial charge in [0.25, 0.3) is 0 Å². The molecule has 1 aliphatic carbocycles. The summed E-state index contributed by atoms with van der Waals surface area (Å²) in [5, 5.41) is 6.99. The second-order valence-electron chi connectivity index (χ2n) is 16.6. The molecule has 1 saturated carbocycles. The van der Waals surface area contributed by atoms with Crippen molar-refractivity contribution in [3.8, 4) is 22.5 Å². The number of rotatable bonds is 8. The SMILES string of the molecule is [2H]c1c([2H])c([2H])c(-c2c([2H])c([2H])c3c(c2[2H])c2c([2H])c(C4CCCCC4)c([2H])c([2H])c2n3-c2ccc3c4ccccc4n(-c4cccc([Si](c5ccccc5)(c5ccccc5)c5ccccc5)c4)c3c2)c([2H])c1[2H]. The van der Waals surface area contributed by atoms with E-state index in [2.05, 4.69) is 132 Å². The van der Waals surface area contributed by atoms with Gasteiger partial charge in [-0.15, -0.1) is 0 Å². The average Bonchev–Trinajstić information content (AvgIpc) is 4.00. The van der Waals surface area contributed by atoms with E-state index in [1.165, 1.54) is 20.7 Å². The Bertz CT molecular complexity index is 3950. The molecule has 2 nitrogen and oxygen atoms in total. The quantitative estimate of drug-likeness (QED) is 0.107. The molecule has 2 heterocycles. The molecule has 302 valence electrons. The molecule has 11 aromatic rings. The van der Waals surface area contributed by atoms with Crippen LogP contribution in [-0.4, -0.2) is 17.2 Å². The first kappa shape index (κ1) is 27.7. The predicted molar refractivity (Wildman–Crippen MR) is 270 cm³/mol. The molecule has 0 spiro atoms. The van der Waals surface area contributed by atoms with Crippen molar-refractivity contribution in [2.45, 2.75) is 38.0 Å². The molecule has 1 aliphatic rings. The maximum atomic E-state index is 9.99. The standard InChI is InChI=1S/C60H48N2Si/c1-6-19-43(20-7-1)45-33-37-58-55(39-45)56-40-46(44-21-8-2-9-22-44)34-38-59(56)61(58)48-35-36-54-53-31-16-17-32-57(53)62(60(54)42-48)47-23-18-30-52(41-47)63(49-24-10-3-11-25-49,50-26-12-4-13-27-50)51-28-14-5-15-29-51/h1,3-7,10-20,23-42,44H,2,8-9,21-22H2/i1D,6D,7D,19D,20D,33D,34D,37D,38D,39D,40D. The minimum atomic E-state index is -2.98. The Hall–Kier alpha value is -7.20. The molecule has 12 rings (SSSR count). The van der Waals surface area contributed by atoms with Crippen molar-refractivity contribution in [3.05, 3.63) is 230 Å². The molecule has 0 saturated heterocycles. The van der Waals surface area contributed by atoms with E-state index in [0.717, 1.165) is 59.6 Å². The molecule has 0 aliphatic heterocycles. The minimum Gasteiger partial charge on any atom is -0.309 e. The van der Waals surface area contributed by atoms with Crippen LogP contribution < -0.4 is 20.7 Å². The zero-order chi connectivity index (χ0) is 51.3. The third-order valence-electron chi connectivity index (χ3n) is 13.1. The van der Waals surface area contributed by atoms with Gasteiger partial charge in [-0.25, -0.2) is 0 Å². The van der Waals surface area contributed by atoms with Crippen LogP contribution in [0.15, 0.2) is 224 Å².